The molecule has 4 rings (SSSR count). The molecule has 0 unspecified atom stereocenters. The molecule has 0 saturated carbocycles. The van der Waals surface area contributed by atoms with E-state index in [0.717, 1.165) is 24.9 Å². The van der Waals surface area contributed by atoms with Crippen molar-refractivity contribution in [3.63, 3.8) is 0 Å². The predicted octanol–water partition coefficient (Wildman–Crippen LogP) is 5.83. The third-order valence-corrected chi connectivity index (χ3v) is 7.85. The number of ether oxygens (including phenoxy) is 3. The summed E-state index contributed by atoms with van der Waals surface area (Å²) in [4.78, 5) is 25.3. The van der Waals surface area contributed by atoms with Crippen LogP contribution in [0.25, 0.3) is 0 Å². The Balaban J connectivity index is 1.38. The van der Waals surface area contributed by atoms with Crippen LogP contribution in [-0.4, -0.2) is 36.4 Å². The number of carbonyl (C=O) groups excluding carboxylic acids is 2. The molecule has 224 valence electrons. The van der Waals surface area contributed by atoms with E-state index in [1.165, 1.54) is 5.56 Å². The second-order valence-corrected chi connectivity index (χ2v) is 11.9. The minimum absolute atomic E-state index is 0.230. The number of aryl methyl sites for hydroxylation is 1. The topological polar surface area (TPSA) is 110 Å². The SMILES string of the molecule is CCOC(=O)C1=C(C)NC(=S)N[C@@H]1c1ccccc1OCC(=O)NN=Cc1cc(Br)c(OCc2cccc(C)c2)c(I)c1. The molecule has 0 aliphatic carbocycles. The van der Waals surface area contributed by atoms with Gasteiger partial charge in [0.15, 0.2) is 11.7 Å². The first-order valence-electron chi connectivity index (χ1n) is 13.3. The quantitative estimate of drug-likeness (QED) is 0.0735. The Bertz CT molecular complexity index is 1570. The number of nitrogens with zero attached hydrogens (tertiary/aromatic N) is 1. The Labute approximate surface area is 277 Å². The van der Waals surface area contributed by atoms with Crippen LogP contribution in [-0.2, 0) is 20.9 Å². The van der Waals surface area contributed by atoms with Crippen LogP contribution in [0.2, 0.25) is 0 Å². The average molecular weight is 777 g/mol. The van der Waals surface area contributed by atoms with Gasteiger partial charge in [-0.25, -0.2) is 10.2 Å². The summed E-state index contributed by atoms with van der Waals surface area (Å²) in [6, 6.07) is 18.4. The van der Waals surface area contributed by atoms with Crippen molar-refractivity contribution in [1.29, 1.82) is 0 Å². The fourth-order valence-electron chi connectivity index (χ4n) is 4.36. The number of amides is 1. The summed E-state index contributed by atoms with van der Waals surface area (Å²) in [6.07, 6.45) is 1.54. The van der Waals surface area contributed by atoms with E-state index in [1.54, 1.807) is 38.3 Å². The Hall–Kier alpha value is -3.49. The maximum Gasteiger partial charge on any atom is 0.338 e. The number of hydrazone groups is 1. The molecular formula is C31H30BrIN4O5S. The zero-order chi connectivity index (χ0) is 30.9. The number of benzene rings is 3. The van der Waals surface area contributed by atoms with Crippen LogP contribution >= 0.6 is 50.7 Å². The first-order valence-corrected chi connectivity index (χ1v) is 15.6. The van der Waals surface area contributed by atoms with Crippen molar-refractivity contribution >= 4 is 73.9 Å². The van der Waals surface area contributed by atoms with E-state index in [-0.39, 0.29) is 13.2 Å². The number of nitrogens with one attached hydrogen (secondary N) is 3. The first-order chi connectivity index (χ1) is 20.7. The standard InChI is InChI=1S/C31H30BrIN4O5S/c1-4-40-30(39)27-19(3)35-31(43)36-28(27)22-10-5-6-11-25(22)41-17-26(38)37-34-15-21-13-23(32)29(24(33)14-21)42-16-20-9-7-8-18(2)12-20/h5-15,28H,4,16-17H2,1-3H3,(H,37,38)(H2,35,36,43)/t28-/m1/s1. The highest BCUT2D eigenvalue weighted by atomic mass is 127. The number of thiocarbonyl (C=S) groups is 1. The van der Waals surface area contributed by atoms with Crippen LogP contribution < -0.4 is 25.5 Å². The molecule has 0 bridgehead atoms. The summed E-state index contributed by atoms with van der Waals surface area (Å²) < 4.78 is 18.8. The lowest BCUT2D eigenvalue weighted by Crippen LogP contribution is -2.45. The molecule has 0 aromatic heterocycles. The van der Waals surface area contributed by atoms with Gasteiger partial charge in [0.2, 0.25) is 0 Å². The van der Waals surface area contributed by atoms with E-state index in [2.05, 4.69) is 65.7 Å². The number of rotatable bonds is 11. The van der Waals surface area contributed by atoms with E-state index in [1.807, 2.05) is 43.3 Å². The molecule has 43 heavy (non-hydrogen) atoms. The molecule has 1 amide bonds. The maximum atomic E-state index is 12.7. The number of halogens is 2. The molecule has 9 nitrogen and oxygen atoms in total. The first kappa shape index (κ1) is 32.4. The van der Waals surface area contributed by atoms with Crippen molar-refractivity contribution in [2.24, 2.45) is 5.10 Å². The van der Waals surface area contributed by atoms with Gasteiger partial charge in [-0.15, -0.1) is 0 Å². The van der Waals surface area contributed by atoms with Gasteiger partial charge in [-0.05, 0) is 101 Å². The summed E-state index contributed by atoms with van der Waals surface area (Å²) in [5.41, 5.74) is 7.12. The lowest BCUT2D eigenvalue weighted by Gasteiger charge is -2.30. The number of hydrogen-bond acceptors (Lipinski definition) is 7. The van der Waals surface area contributed by atoms with Gasteiger partial charge in [0.05, 0.1) is 32.5 Å². The number of para-hydroxylation sites is 1. The molecule has 1 aliphatic rings. The van der Waals surface area contributed by atoms with Crippen LogP contribution in [0.4, 0.5) is 0 Å². The van der Waals surface area contributed by atoms with E-state index in [0.29, 0.717) is 34.3 Å². The highest BCUT2D eigenvalue weighted by molar-refractivity contribution is 14.1. The minimum Gasteiger partial charge on any atom is -0.487 e. The van der Waals surface area contributed by atoms with Crippen molar-refractivity contribution in [3.8, 4) is 11.5 Å². The van der Waals surface area contributed by atoms with Crippen LogP contribution in [0.15, 0.2) is 81.5 Å². The Morgan fingerprint density at radius 1 is 1.12 bits per heavy atom. The van der Waals surface area contributed by atoms with Gasteiger partial charge in [-0.3, -0.25) is 4.79 Å². The van der Waals surface area contributed by atoms with Crippen LogP contribution in [0.3, 0.4) is 0 Å². The normalized spacial score (nSPS) is 14.6. The van der Waals surface area contributed by atoms with Crippen LogP contribution in [0.5, 0.6) is 11.5 Å². The summed E-state index contributed by atoms with van der Waals surface area (Å²) in [7, 11) is 0. The Kier molecular flexibility index (Phi) is 11.5. The van der Waals surface area contributed by atoms with Crippen LogP contribution in [0.1, 0.15) is 42.1 Å². The van der Waals surface area contributed by atoms with Crippen molar-refractivity contribution in [2.75, 3.05) is 13.2 Å². The molecule has 3 aromatic rings. The highest BCUT2D eigenvalue weighted by Gasteiger charge is 2.32. The second-order valence-electron chi connectivity index (χ2n) is 9.50. The molecule has 1 heterocycles. The van der Waals surface area contributed by atoms with Gasteiger partial charge in [0.25, 0.3) is 5.91 Å². The average Bonchev–Trinajstić information content (AvgIpc) is 2.95. The van der Waals surface area contributed by atoms with E-state index >= 15 is 0 Å². The van der Waals surface area contributed by atoms with E-state index in [9.17, 15) is 9.59 Å². The molecule has 3 N–H and O–H groups in total. The summed E-state index contributed by atoms with van der Waals surface area (Å²) >= 11 is 11.1. The second kappa shape index (κ2) is 15.3. The minimum atomic E-state index is -0.616. The predicted molar refractivity (Wildman–Crippen MR) is 181 cm³/mol. The third kappa shape index (κ3) is 8.77. The Morgan fingerprint density at radius 3 is 2.65 bits per heavy atom. The molecule has 1 aliphatic heterocycles. The largest absolute Gasteiger partial charge is 0.487 e. The van der Waals surface area contributed by atoms with Crippen molar-refractivity contribution in [1.82, 2.24) is 16.1 Å². The van der Waals surface area contributed by atoms with Crippen molar-refractivity contribution in [2.45, 2.75) is 33.4 Å². The third-order valence-electron chi connectivity index (χ3n) is 6.24. The lowest BCUT2D eigenvalue weighted by molar-refractivity contribution is -0.139. The van der Waals surface area contributed by atoms with Crippen molar-refractivity contribution < 1.29 is 23.8 Å². The van der Waals surface area contributed by atoms with Gasteiger partial charge in [0.1, 0.15) is 18.1 Å². The number of esters is 1. The van der Waals surface area contributed by atoms with Gasteiger partial charge in [-0.2, -0.15) is 5.10 Å². The smallest absolute Gasteiger partial charge is 0.338 e. The summed E-state index contributed by atoms with van der Waals surface area (Å²) in [6.45, 7) is 5.93. The van der Waals surface area contributed by atoms with Gasteiger partial charge in [-0.1, -0.05) is 48.0 Å². The summed E-state index contributed by atoms with van der Waals surface area (Å²) in [5.74, 6) is 0.222. The maximum absolute atomic E-state index is 12.7. The molecule has 0 spiro atoms. The zero-order valence-corrected chi connectivity index (χ0v) is 28.3. The molecule has 3 aromatic carbocycles. The summed E-state index contributed by atoms with van der Waals surface area (Å²) in [5, 5.41) is 10.5. The van der Waals surface area contributed by atoms with E-state index in [4.69, 9.17) is 26.4 Å². The number of allylic oxidation sites excluding steroid dienone is 1. The van der Waals surface area contributed by atoms with Gasteiger partial charge in [0, 0.05) is 11.3 Å². The van der Waals surface area contributed by atoms with Crippen molar-refractivity contribution in [3.05, 3.63) is 102 Å². The molecule has 1 atom stereocenters. The monoisotopic (exact) mass is 776 g/mol. The lowest BCUT2D eigenvalue weighted by atomic mass is 9.95. The Morgan fingerprint density at radius 2 is 1.91 bits per heavy atom. The molecule has 0 saturated heterocycles. The molecular weight excluding hydrogens is 747 g/mol. The zero-order valence-electron chi connectivity index (χ0n) is 23.7. The van der Waals surface area contributed by atoms with E-state index < -0.39 is 17.9 Å². The van der Waals surface area contributed by atoms with Gasteiger partial charge >= 0.3 is 5.97 Å². The highest BCUT2D eigenvalue weighted by Crippen LogP contribution is 2.34. The number of hydrogen-bond donors (Lipinski definition) is 3. The van der Waals surface area contributed by atoms with Crippen LogP contribution in [0, 0.1) is 10.5 Å². The number of carbonyl (C=O) groups is 2. The molecule has 0 radical (unpaired) electrons. The van der Waals surface area contributed by atoms with Gasteiger partial charge < -0.3 is 24.8 Å². The molecule has 0 fully saturated rings. The molecule has 12 heteroatoms. The fourth-order valence-corrected chi connectivity index (χ4v) is 6.40. The fraction of sp³-hybridized carbons (Fsp3) is 0.226.